The lowest BCUT2D eigenvalue weighted by Gasteiger charge is -2.11. The molecule has 0 amide bonds. The van der Waals surface area contributed by atoms with E-state index >= 15 is 0 Å². The van der Waals surface area contributed by atoms with Gasteiger partial charge in [0.25, 0.3) is 0 Å². The number of methoxy groups -OCH3 is 1. The molecule has 1 aromatic heterocycles. The largest absolute Gasteiger partial charge is 0.493 e. The highest BCUT2D eigenvalue weighted by molar-refractivity contribution is 6.30. The molecule has 1 heterocycles. The Hall–Kier alpha value is -3.31. The van der Waals surface area contributed by atoms with Crippen molar-refractivity contribution in [3.05, 3.63) is 83.4 Å². The molecule has 0 saturated carbocycles. The van der Waals surface area contributed by atoms with Crippen molar-refractivity contribution in [3.63, 3.8) is 0 Å². The van der Waals surface area contributed by atoms with E-state index in [1.807, 2.05) is 60.7 Å². The van der Waals surface area contributed by atoms with Crippen molar-refractivity contribution in [1.82, 2.24) is 10.2 Å². The Labute approximate surface area is 167 Å². The van der Waals surface area contributed by atoms with E-state index in [-0.39, 0.29) is 0 Å². The average molecular weight is 393 g/mol. The van der Waals surface area contributed by atoms with Gasteiger partial charge >= 0.3 is 0 Å². The fourth-order valence-corrected chi connectivity index (χ4v) is 2.83. The Bertz CT molecular complexity index is 1060. The minimum Gasteiger partial charge on any atom is -0.493 e. The summed E-state index contributed by atoms with van der Waals surface area (Å²) in [5.41, 5.74) is 2.63. The Balaban J connectivity index is 1.55. The van der Waals surface area contributed by atoms with Crippen molar-refractivity contribution in [2.24, 2.45) is 0 Å². The summed E-state index contributed by atoms with van der Waals surface area (Å²) in [5, 5.41) is 8.90. The summed E-state index contributed by atoms with van der Waals surface area (Å²) in [7, 11) is 1.60. The summed E-state index contributed by atoms with van der Waals surface area (Å²) < 4.78 is 17.2. The highest BCUT2D eigenvalue weighted by Crippen LogP contribution is 2.33. The molecular weight excluding hydrogens is 376 g/mol. The Kier molecular flexibility index (Phi) is 5.26. The van der Waals surface area contributed by atoms with Crippen molar-refractivity contribution in [3.8, 4) is 34.4 Å². The third-order valence-corrected chi connectivity index (χ3v) is 4.42. The van der Waals surface area contributed by atoms with E-state index in [1.165, 1.54) is 0 Å². The van der Waals surface area contributed by atoms with Crippen LogP contribution in [0.15, 0.2) is 77.2 Å². The van der Waals surface area contributed by atoms with Crippen LogP contribution in [0.4, 0.5) is 0 Å². The number of nitrogens with zero attached hydrogens (tertiary/aromatic N) is 2. The third-order valence-electron chi connectivity index (χ3n) is 4.16. The zero-order valence-electron chi connectivity index (χ0n) is 15.1. The first-order chi connectivity index (χ1) is 13.7. The highest BCUT2D eigenvalue weighted by Gasteiger charge is 2.14. The lowest BCUT2D eigenvalue weighted by Crippen LogP contribution is -1.97. The maximum atomic E-state index is 5.92. The van der Waals surface area contributed by atoms with E-state index in [0.29, 0.717) is 34.9 Å². The predicted molar refractivity (Wildman–Crippen MR) is 108 cm³/mol. The molecule has 0 radical (unpaired) electrons. The second kappa shape index (κ2) is 8.15. The smallest absolute Gasteiger partial charge is 0.248 e. The first-order valence-electron chi connectivity index (χ1n) is 8.67. The number of ether oxygens (including phenoxy) is 2. The van der Waals surface area contributed by atoms with Gasteiger partial charge < -0.3 is 13.9 Å². The maximum Gasteiger partial charge on any atom is 0.248 e. The summed E-state index contributed by atoms with van der Waals surface area (Å²) in [6, 6.07) is 22.7. The van der Waals surface area contributed by atoms with Gasteiger partial charge in [-0.1, -0.05) is 41.9 Å². The molecule has 0 atom stereocenters. The molecule has 0 bridgehead atoms. The maximum absolute atomic E-state index is 5.92. The zero-order valence-corrected chi connectivity index (χ0v) is 15.9. The second-order valence-corrected chi connectivity index (χ2v) is 6.50. The van der Waals surface area contributed by atoms with Crippen LogP contribution < -0.4 is 9.47 Å². The van der Waals surface area contributed by atoms with E-state index in [4.69, 9.17) is 25.5 Å². The Morgan fingerprint density at radius 3 is 2.21 bits per heavy atom. The number of rotatable bonds is 6. The molecule has 4 rings (SSSR count). The van der Waals surface area contributed by atoms with Crippen molar-refractivity contribution in [1.29, 1.82) is 0 Å². The first-order valence-corrected chi connectivity index (χ1v) is 9.05. The topological polar surface area (TPSA) is 57.4 Å². The summed E-state index contributed by atoms with van der Waals surface area (Å²) >= 11 is 5.92. The van der Waals surface area contributed by atoms with Gasteiger partial charge in [0, 0.05) is 16.1 Å². The number of halogens is 1. The fraction of sp³-hybridized carbons (Fsp3) is 0.0909. The molecule has 28 heavy (non-hydrogen) atoms. The molecule has 0 N–H and O–H groups in total. The average Bonchev–Trinajstić information content (AvgIpc) is 3.23. The normalized spacial score (nSPS) is 10.6. The van der Waals surface area contributed by atoms with Gasteiger partial charge in [0.1, 0.15) is 6.61 Å². The minimum atomic E-state index is 0.401. The van der Waals surface area contributed by atoms with Gasteiger partial charge in [-0.3, -0.25) is 0 Å². The summed E-state index contributed by atoms with van der Waals surface area (Å²) in [4.78, 5) is 0. The molecule has 0 spiro atoms. The van der Waals surface area contributed by atoms with Gasteiger partial charge in [0.15, 0.2) is 11.5 Å². The summed E-state index contributed by atoms with van der Waals surface area (Å²) in [5.74, 6) is 2.07. The van der Waals surface area contributed by atoms with E-state index < -0.39 is 0 Å². The standard InChI is InChI=1S/C22H17ClN2O3/c1-26-20-13-17(9-12-19(20)27-14-15-5-3-2-4-6-15)22-25-24-21(28-22)16-7-10-18(23)11-8-16/h2-13H,14H2,1H3. The molecule has 3 aromatic carbocycles. The van der Waals surface area contributed by atoms with Crippen LogP contribution in [-0.2, 0) is 6.61 Å². The molecule has 5 nitrogen and oxygen atoms in total. The van der Waals surface area contributed by atoms with Crippen molar-refractivity contribution < 1.29 is 13.9 Å². The molecule has 0 unspecified atom stereocenters. The van der Waals surface area contributed by atoms with Gasteiger partial charge in [0.2, 0.25) is 11.8 Å². The van der Waals surface area contributed by atoms with Crippen LogP contribution in [0.5, 0.6) is 11.5 Å². The second-order valence-electron chi connectivity index (χ2n) is 6.06. The summed E-state index contributed by atoms with van der Waals surface area (Å²) in [6.45, 7) is 0.456. The fourth-order valence-electron chi connectivity index (χ4n) is 2.70. The van der Waals surface area contributed by atoms with E-state index in [2.05, 4.69) is 10.2 Å². The number of benzene rings is 3. The molecule has 140 valence electrons. The van der Waals surface area contributed by atoms with Gasteiger partial charge in [-0.2, -0.15) is 0 Å². The molecule has 0 aliphatic rings. The molecule has 0 saturated heterocycles. The molecule has 0 fully saturated rings. The molecular formula is C22H17ClN2O3. The van der Waals surface area contributed by atoms with Crippen LogP contribution in [-0.4, -0.2) is 17.3 Å². The highest BCUT2D eigenvalue weighted by atomic mass is 35.5. The lowest BCUT2D eigenvalue weighted by molar-refractivity contribution is 0.284. The molecule has 0 aliphatic carbocycles. The van der Waals surface area contributed by atoms with Gasteiger partial charge in [0.05, 0.1) is 7.11 Å². The summed E-state index contributed by atoms with van der Waals surface area (Å²) in [6.07, 6.45) is 0. The van der Waals surface area contributed by atoms with E-state index in [9.17, 15) is 0 Å². The number of hydrogen-bond acceptors (Lipinski definition) is 5. The van der Waals surface area contributed by atoms with Crippen LogP contribution >= 0.6 is 11.6 Å². The predicted octanol–water partition coefficient (Wildman–Crippen LogP) is 5.64. The number of aromatic nitrogens is 2. The van der Waals surface area contributed by atoms with E-state index in [0.717, 1.165) is 16.7 Å². The lowest BCUT2D eigenvalue weighted by atomic mass is 10.2. The van der Waals surface area contributed by atoms with Crippen LogP contribution in [0.3, 0.4) is 0 Å². The molecule has 0 aliphatic heterocycles. The van der Waals surface area contributed by atoms with Crippen molar-refractivity contribution >= 4 is 11.6 Å². The van der Waals surface area contributed by atoms with Crippen molar-refractivity contribution in [2.45, 2.75) is 6.61 Å². The Morgan fingerprint density at radius 2 is 1.50 bits per heavy atom. The quantitative estimate of drug-likeness (QED) is 0.424. The molecule has 4 aromatic rings. The van der Waals surface area contributed by atoms with Crippen LogP contribution in [0.1, 0.15) is 5.56 Å². The van der Waals surface area contributed by atoms with E-state index in [1.54, 1.807) is 19.2 Å². The van der Waals surface area contributed by atoms with Gasteiger partial charge in [-0.15, -0.1) is 10.2 Å². The molecule has 6 heteroatoms. The van der Waals surface area contributed by atoms with Crippen LogP contribution in [0.2, 0.25) is 5.02 Å². The SMILES string of the molecule is COc1cc(-c2nnc(-c3ccc(Cl)cc3)o2)ccc1OCc1ccccc1. The van der Waals surface area contributed by atoms with Crippen LogP contribution in [0.25, 0.3) is 22.9 Å². The monoisotopic (exact) mass is 392 g/mol. The minimum absolute atomic E-state index is 0.401. The van der Waals surface area contributed by atoms with Gasteiger partial charge in [-0.25, -0.2) is 0 Å². The Morgan fingerprint density at radius 1 is 0.821 bits per heavy atom. The number of hydrogen-bond donors (Lipinski definition) is 0. The third kappa shape index (κ3) is 4.00. The zero-order chi connectivity index (χ0) is 19.3. The van der Waals surface area contributed by atoms with Crippen molar-refractivity contribution in [2.75, 3.05) is 7.11 Å². The van der Waals surface area contributed by atoms with Crippen LogP contribution in [0, 0.1) is 0 Å². The van der Waals surface area contributed by atoms with Gasteiger partial charge in [-0.05, 0) is 48.0 Å². The first kappa shape index (κ1) is 18.1.